The summed E-state index contributed by atoms with van der Waals surface area (Å²) in [5.41, 5.74) is 5.61. The number of nitrogens with one attached hydrogen (secondary N) is 1. The predicted octanol–water partition coefficient (Wildman–Crippen LogP) is 2.51. The van der Waals surface area contributed by atoms with E-state index in [-0.39, 0.29) is 6.04 Å². The van der Waals surface area contributed by atoms with Crippen molar-refractivity contribution in [3.8, 4) is 0 Å². The highest BCUT2D eigenvalue weighted by Crippen LogP contribution is 2.37. The quantitative estimate of drug-likeness (QED) is 0.414. The van der Waals surface area contributed by atoms with Gasteiger partial charge in [0.05, 0.1) is 13.2 Å². The Hall–Kier alpha value is -0.940. The molecule has 3 N–H and O–H groups in total. The summed E-state index contributed by atoms with van der Waals surface area (Å²) in [6, 6.07) is 8.96. The molecular weight excluding hydrogens is 252 g/mol. The molecule has 0 aliphatic heterocycles. The van der Waals surface area contributed by atoms with Crippen molar-refractivity contribution in [3.05, 3.63) is 35.4 Å². The van der Waals surface area contributed by atoms with Crippen LogP contribution in [0.15, 0.2) is 24.3 Å². The number of hydrogen-bond donors (Lipinski definition) is 2. The van der Waals surface area contributed by atoms with Crippen LogP contribution in [-0.2, 0) is 9.47 Å². The fourth-order valence-corrected chi connectivity index (χ4v) is 2.56. The van der Waals surface area contributed by atoms with Crippen molar-refractivity contribution in [1.29, 1.82) is 0 Å². The van der Waals surface area contributed by atoms with Crippen LogP contribution in [-0.4, -0.2) is 26.9 Å². The largest absolute Gasteiger partial charge is 0.382 e. The minimum Gasteiger partial charge on any atom is -0.382 e. The molecular formula is C16H26N2O2. The Bertz CT molecular complexity index is 394. The van der Waals surface area contributed by atoms with Gasteiger partial charge in [-0.2, -0.15) is 0 Å². The maximum absolute atomic E-state index is 5.69. The maximum Gasteiger partial charge on any atom is 0.0700 e. The molecule has 2 rings (SSSR count). The molecule has 1 aromatic carbocycles. The zero-order valence-electron chi connectivity index (χ0n) is 12.3. The second-order valence-corrected chi connectivity index (χ2v) is 5.41. The van der Waals surface area contributed by atoms with E-state index in [1.165, 1.54) is 30.4 Å². The van der Waals surface area contributed by atoms with E-state index in [4.69, 9.17) is 15.3 Å². The molecule has 1 aliphatic carbocycles. The van der Waals surface area contributed by atoms with Gasteiger partial charge in [0.25, 0.3) is 0 Å². The third-order valence-corrected chi connectivity index (χ3v) is 4.07. The van der Waals surface area contributed by atoms with Crippen molar-refractivity contribution in [1.82, 2.24) is 5.43 Å². The Kier molecular flexibility index (Phi) is 6.47. The van der Waals surface area contributed by atoms with Gasteiger partial charge in [-0.3, -0.25) is 11.3 Å². The zero-order chi connectivity index (χ0) is 14.2. The Balaban J connectivity index is 1.86. The number of ether oxygens (including phenoxy) is 2. The lowest BCUT2D eigenvalue weighted by atomic mass is 9.79. The molecule has 4 heteroatoms. The summed E-state index contributed by atoms with van der Waals surface area (Å²) in [6.45, 7) is 1.96. The first-order chi connectivity index (χ1) is 9.85. The van der Waals surface area contributed by atoms with Crippen LogP contribution in [0.2, 0.25) is 0 Å². The predicted molar refractivity (Wildman–Crippen MR) is 80.4 cm³/mol. The Morgan fingerprint density at radius 2 is 2.15 bits per heavy atom. The van der Waals surface area contributed by atoms with Crippen molar-refractivity contribution in [3.63, 3.8) is 0 Å². The summed E-state index contributed by atoms with van der Waals surface area (Å²) in [4.78, 5) is 0. The number of rotatable bonds is 9. The van der Waals surface area contributed by atoms with E-state index in [9.17, 15) is 0 Å². The highest BCUT2D eigenvalue weighted by molar-refractivity contribution is 5.29. The molecule has 0 amide bonds. The van der Waals surface area contributed by atoms with E-state index < -0.39 is 0 Å². The molecule has 0 spiro atoms. The lowest BCUT2D eigenvalue weighted by molar-refractivity contribution is 0.0657. The summed E-state index contributed by atoms with van der Waals surface area (Å²) < 4.78 is 10.5. The zero-order valence-corrected chi connectivity index (χ0v) is 12.3. The van der Waals surface area contributed by atoms with Crippen molar-refractivity contribution < 1.29 is 9.47 Å². The monoisotopic (exact) mass is 278 g/mol. The smallest absolute Gasteiger partial charge is 0.0700 e. The summed E-state index contributed by atoms with van der Waals surface area (Å²) in [6.07, 6.45) is 4.88. The molecule has 20 heavy (non-hydrogen) atoms. The molecule has 1 atom stereocenters. The molecule has 0 saturated heterocycles. The minimum atomic E-state index is 0.151. The number of hydrazine groups is 1. The van der Waals surface area contributed by atoms with Crippen molar-refractivity contribution in [2.24, 2.45) is 5.84 Å². The first-order valence-corrected chi connectivity index (χ1v) is 7.48. The van der Waals surface area contributed by atoms with Gasteiger partial charge in [0.2, 0.25) is 0 Å². The van der Waals surface area contributed by atoms with E-state index >= 15 is 0 Å². The second-order valence-electron chi connectivity index (χ2n) is 5.41. The molecule has 0 aromatic heterocycles. The average Bonchev–Trinajstić information content (AvgIpc) is 2.41. The Morgan fingerprint density at radius 1 is 1.30 bits per heavy atom. The van der Waals surface area contributed by atoms with Crippen LogP contribution in [0.3, 0.4) is 0 Å². The molecule has 112 valence electrons. The molecule has 0 bridgehead atoms. The topological polar surface area (TPSA) is 56.5 Å². The van der Waals surface area contributed by atoms with Crippen LogP contribution in [0.25, 0.3) is 0 Å². The summed E-state index contributed by atoms with van der Waals surface area (Å²) >= 11 is 0. The van der Waals surface area contributed by atoms with Gasteiger partial charge in [0.1, 0.15) is 0 Å². The summed E-state index contributed by atoms with van der Waals surface area (Å²) in [7, 11) is 1.68. The lowest BCUT2D eigenvalue weighted by Crippen LogP contribution is -2.29. The van der Waals surface area contributed by atoms with E-state index in [1.807, 2.05) is 0 Å². The van der Waals surface area contributed by atoms with Crippen LogP contribution < -0.4 is 11.3 Å². The molecule has 1 saturated carbocycles. The van der Waals surface area contributed by atoms with Crippen LogP contribution in [0.4, 0.5) is 0 Å². The number of hydrogen-bond acceptors (Lipinski definition) is 4. The van der Waals surface area contributed by atoms with E-state index in [0.29, 0.717) is 19.8 Å². The first-order valence-electron chi connectivity index (χ1n) is 7.48. The van der Waals surface area contributed by atoms with Crippen molar-refractivity contribution in [2.75, 3.05) is 26.9 Å². The molecule has 1 fully saturated rings. The molecule has 1 unspecified atom stereocenters. The average molecular weight is 278 g/mol. The third kappa shape index (κ3) is 4.28. The fraction of sp³-hybridized carbons (Fsp3) is 0.625. The maximum atomic E-state index is 5.69. The van der Waals surface area contributed by atoms with Crippen LogP contribution >= 0.6 is 0 Å². The molecule has 1 aliphatic rings. The van der Waals surface area contributed by atoms with Gasteiger partial charge < -0.3 is 9.47 Å². The van der Waals surface area contributed by atoms with Gasteiger partial charge in [0.15, 0.2) is 0 Å². The SMILES string of the molecule is COCCOCCC(NN)c1cccc(C2CCC2)c1. The van der Waals surface area contributed by atoms with E-state index in [0.717, 1.165) is 12.3 Å². The van der Waals surface area contributed by atoms with Gasteiger partial charge >= 0.3 is 0 Å². The summed E-state index contributed by atoms with van der Waals surface area (Å²) in [5.74, 6) is 6.44. The highest BCUT2D eigenvalue weighted by atomic mass is 16.5. The normalized spacial score (nSPS) is 16.9. The Labute approximate surface area is 121 Å². The number of methoxy groups -OCH3 is 1. The van der Waals surface area contributed by atoms with Gasteiger partial charge in [-0.05, 0) is 36.3 Å². The standard InChI is InChI=1S/C16H26N2O2/c1-19-10-11-20-9-8-16(18-17)15-7-3-6-14(12-15)13-4-2-5-13/h3,6-7,12-13,16,18H,2,4-5,8-11,17H2,1H3. The Morgan fingerprint density at radius 3 is 2.80 bits per heavy atom. The second kappa shape index (κ2) is 8.37. The first kappa shape index (κ1) is 15.4. The van der Waals surface area contributed by atoms with Crippen LogP contribution in [0, 0.1) is 0 Å². The van der Waals surface area contributed by atoms with Gasteiger partial charge in [0, 0.05) is 19.8 Å². The highest BCUT2D eigenvalue weighted by Gasteiger charge is 2.20. The fourth-order valence-electron chi connectivity index (χ4n) is 2.56. The van der Waals surface area contributed by atoms with Crippen molar-refractivity contribution in [2.45, 2.75) is 37.6 Å². The van der Waals surface area contributed by atoms with Gasteiger partial charge in [-0.25, -0.2) is 0 Å². The molecule has 1 aromatic rings. The molecule has 0 radical (unpaired) electrons. The number of nitrogens with two attached hydrogens (primary N) is 1. The number of benzene rings is 1. The van der Waals surface area contributed by atoms with Gasteiger partial charge in [-0.15, -0.1) is 0 Å². The van der Waals surface area contributed by atoms with Crippen LogP contribution in [0.5, 0.6) is 0 Å². The van der Waals surface area contributed by atoms with E-state index in [2.05, 4.69) is 29.7 Å². The van der Waals surface area contributed by atoms with Gasteiger partial charge in [-0.1, -0.05) is 30.7 Å². The molecule has 0 heterocycles. The minimum absolute atomic E-state index is 0.151. The lowest BCUT2D eigenvalue weighted by Gasteiger charge is -2.27. The molecule has 4 nitrogen and oxygen atoms in total. The van der Waals surface area contributed by atoms with Crippen molar-refractivity contribution >= 4 is 0 Å². The van der Waals surface area contributed by atoms with Crippen LogP contribution in [0.1, 0.15) is 48.8 Å². The summed E-state index contributed by atoms with van der Waals surface area (Å²) in [5, 5.41) is 0. The van der Waals surface area contributed by atoms with E-state index in [1.54, 1.807) is 7.11 Å². The third-order valence-electron chi connectivity index (χ3n) is 4.07.